The number of hydrogen-bond acceptors (Lipinski definition) is 3. The molecular weight excluding hydrogens is 306 g/mol. The summed E-state index contributed by atoms with van der Waals surface area (Å²) in [4.78, 5) is 15.0. The molecule has 0 bridgehead atoms. The standard InChI is InChI=1S/C10H7BrO2.C5H5N/c1-3-7-5-4-6-8(9(7)11)10(12)13-2;1-2-4-6-5-3-1/h1,4-6H,2H3;1-5H. The normalized spacial score (nSPS) is 8.68. The van der Waals surface area contributed by atoms with Crippen molar-refractivity contribution in [3.05, 3.63) is 64.4 Å². The first-order valence-corrected chi connectivity index (χ1v) is 6.18. The van der Waals surface area contributed by atoms with Crippen LogP contribution in [0.5, 0.6) is 0 Å². The second kappa shape index (κ2) is 8.06. The van der Waals surface area contributed by atoms with Gasteiger partial charge in [-0.2, -0.15) is 0 Å². The number of methoxy groups -OCH3 is 1. The van der Waals surface area contributed by atoms with Crippen molar-refractivity contribution >= 4 is 21.9 Å². The number of aromatic nitrogens is 1. The van der Waals surface area contributed by atoms with Crippen molar-refractivity contribution < 1.29 is 9.53 Å². The summed E-state index contributed by atoms with van der Waals surface area (Å²) in [7, 11) is 1.33. The molecule has 96 valence electrons. The zero-order valence-corrected chi connectivity index (χ0v) is 11.9. The van der Waals surface area contributed by atoms with Crippen molar-refractivity contribution in [2.24, 2.45) is 0 Å². The van der Waals surface area contributed by atoms with Crippen LogP contribution >= 0.6 is 15.9 Å². The van der Waals surface area contributed by atoms with Crippen molar-refractivity contribution in [2.45, 2.75) is 0 Å². The van der Waals surface area contributed by atoms with Crippen LogP contribution in [-0.4, -0.2) is 18.1 Å². The number of nitrogens with zero attached hydrogens (tertiary/aromatic N) is 1. The van der Waals surface area contributed by atoms with Gasteiger partial charge in [0, 0.05) is 22.4 Å². The van der Waals surface area contributed by atoms with Gasteiger partial charge in [0.1, 0.15) is 0 Å². The Bertz CT molecular complexity index is 550. The number of carbonyl (C=O) groups excluding carboxylic acids is 1. The topological polar surface area (TPSA) is 39.2 Å². The highest BCUT2D eigenvalue weighted by molar-refractivity contribution is 9.10. The Labute approximate surface area is 120 Å². The van der Waals surface area contributed by atoms with Crippen molar-refractivity contribution in [3.63, 3.8) is 0 Å². The Kier molecular flexibility index (Phi) is 6.34. The monoisotopic (exact) mass is 317 g/mol. The molecular formula is C15H12BrNO2. The molecule has 0 aliphatic heterocycles. The second-order valence-electron chi connectivity index (χ2n) is 3.33. The Hall–Kier alpha value is -2.12. The Morgan fingerprint density at radius 2 is 1.95 bits per heavy atom. The third kappa shape index (κ3) is 4.57. The first-order valence-electron chi connectivity index (χ1n) is 5.39. The molecule has 0 atom stereocenters. The molecule has 0 saturated heterocycles. The zero-order valence-electron chi connectivity index (χ0n) is 10.3. The number of benzene rings is 1. The first kappa shape index (κ1) is 14.9. The van der Waals surface area contributed by atoms with Crippen LogP contribution in [0.3, 0.4) is 0 Å². The SMILES string of the molecule is C#Cc1cccc(C(=O)OC)c1Br.c1ccncc1. The molecule has 0 aliphatic rings. The average molecular weight is 318 g/mol. The molecule has 1 heterocycles. The van der Waals surface area contributed by atoms with Gasteiger partial charge in [-0.3, -0.25) is 4.98 Å². The second-order valence-corrected chi connectivity index (χ2v) is 4.12. The Morgan fingerprint density at radius 1 is 1.26 bits per heavy atom. The number of carbonyl (C=O) groups is 1. The molecule has 2 aromatic rings. The summed E-state index contributed by atoms with van der Waals surface area (Å²) in [6.45, 7) is 0. The number of rotatable bonds is 1. The van der Waals surface area contributed by atoms with E-state index in [1.807, 2.05) is 18.2 Å². The highest BCUT2D eigenvalue weighted by Crippen LogP contribution is 2.21. The van der Waals surface area contributed by atoms with Gasteiger partial charge in [-0.15, -0.1) is 6.42 Å². The zero-order chi connectivity index (χ0) is 14.1. The van der Waals surface area contributed by atoms with E-state index in [1.165, 1.54) is 7.11 Å². The number of terminal acetylenes is 1. The fourth-order valence-corrected chi connectivity index (χ4v) is 1.76. The lowest BCUT2D eigenvalue weighted by Gasteiger charge is -2.03. The van der Waals surface area contributed by atoms with Gasteiger partial charge in [-0.25, -0.2) is 4.79 Å². The summed E-state index contributed by atoms with van der Waals surface area (Å²) in [6, 6.07) is 10.8. The van der Waals surface area contributed by atoms with Crippen LogP contribution in [-0.2, 0) is 4.74 Å². The fraction of sp³-hybridized carbons (Fsp3) is 0.0667. The van der Waals surface area contributed by atoms with Crippen LogP contribution < -0.4 is 0 Å². The van der Waals surface area contributed by atoms with Gasteiger partial charge in [0.05, 0.1) is 12.7 Å². The van der Waals surface area contributed by atoms with E-state index in [2.05, 4.69) is 31.6 Å². The molecule has 0 radical (unpaired) electrons. The van der Waals surface area contributed by atoms with Gasteiger partial charge in [0.2, 0.25) is 0 Å². The van der Waals surface area contributed by atoms with Gasteiger partial charge >= 0.3 is 5.97 Å². The molecule has 0 saturated carbocycles. The average Bonchev–Trinajstić information content (AvgIpc) is 2.49. The number of esters is 1. The summed E-state index contributed by atoms with van der Waals surface area (Å²) >= 11 is 3.24. The number of pyridine rings is 1. The fourth-order valence-electron chi connectivity index (χ4n) is 1.22. The van der Waals surface area contributed by atoms with E-state index in [0.717, 1.165) is 0 Å². The highest BCUT2D eigenvalue weighted by Gasteiger charge is 2.11. The molecule has 0 amide bonds. The minimum absolute atomic E-state index is 0.399. The van der Waals surface area contributed by atoms with Crippen molar-refractivity contribution in [3.8, 4) is 12.3 Å². The van der Waals surface area contributed by atoms with Gasteiger partial charge in [-0.05, 0) is 40.2 Å². The predicted octanol–water partition coefficient (Wildman–Crippen LogP) is 3.30. The Morgan fingerprint density at radius 3 is 2.37 bits per heavy atom. The third-order valence-corrected chi connectivity index (χ3v) is 2.98. The van der Waals surface area contributed by atoms with Crippen molar-refractivity contribution in [1.29, 1.82) is 0 Å². The van der Waals surface area contributed by atoms with Gasteiger partial charge < -0.3 is 4.74 Å². The van der Waals surface area contributed by atoms with Crippen molar-refractivity contribution in [2.75, 3.05) is 7.11 Å². The maximum Gasteiger partial charge on any atom is 0.339 e. The van der Waals surface area contributed by atoms with Gasteiger partial charge in [-0.1, -0.05) is 18.1 Å². The predicted molar refractivity (Wildman–Crippen MR) is 77.7 cm³/mol. The van der Waals surface area contributed by atoms with Gasteiger partial charge in [0.15, 0.2) is 0 Å². The molecule has 1 aromatic carbocycles. The minimum atomic E-state index is -0.399. The lowest BCUT2D eigenvalue weighted by Crippen LogP contribution is -2.02. The maximum atomic E-state index is 11.2. The number of hydrogen-bond donors (Lipinski definition) is 0. The van der Waals surface area contributed by atoms with Crippen LogP contribution in [0.1, 0.15) is 15.9 Å². The molecule has 4 heteroatoms. The highest BCUT2D eigenvalue weighted by atomic mass is 79.9. The molecule has 2 rings (SSSR count). The van der Waals surface area contributed by atoms with E-state index in [4.69, 9.17) is 6.42 Å². The van der Waals surface area contributed by atoms with E-state index in [1.54, 1.807) is 30.6 Å². The van der Waals surface area contributed by atoms with E-state index in [-0.39, 0.29) is 0 Å². The quantitative estimate of drug-likeness (QED) is 0.598. The van der Waals surface area contributed by atoms with E-state index < -0.39 is 5.97 Å². The molecule has 0 spiro atoms. The lowest BCUT2D eigenvalue weighted by molar-refractivity contribution is 0.0599. The lowest BCUT2D eigenvalue weighted by atomic mass is 10.1. The van der Waals surface area contributed by atoms with Crippen LogP contribution in [0.2, 0.25) is 0 Å². The van der Waals surface area contributed by atoms with E-state index >= 15 is 0 Å². The largest absolute Gasteiger partial charge is 0.465 e. The molecule has 0 aliphatic carbocycles. The summed E-state index contributed by atoms with van der Waals surface area (Å²) < 4.78 is 5.18. The van der Waals surface area contributed by atoms with Crippen LogP contribution in [0, 0.1) is 12.3 Å². The summed E-state index contributed by atoms with van der Waals surface area (Å²) in [5.41, 5.74) is 1.08. The molecule has 0 fully saturated rings. The van der Waals surface area contributed by atoms with Crippen molar-refractivity contribution in [1.82, 2.24) is 4.98 Å². The Balaban J connectivity index is 0.000000250. The summed E-state index contributed by atoms with van der Waals surface area (Å²) in [5, 5.41) is 0. The third-order valence-electron chi connectivity index (χ3n) is 2.13. The molecule has 19 heavy (non-hydrogen) atoms. The maximum absolute atomic E-state index is 11.2. The molecule has 1 aromatic heterocycles. The number of halogens is 1. The first-order chi connectivity index (χ1) is 9.20. The number of ether oxygens (including phenoxy) is 1. The molecule has 3 nitrogen and oxygen atoms in total. The molecule has 0 unspecified atom stereocenters. The minimum Gasteiger partial charge on any atom is -0.465 e. The molecule has 0 N–H and O–H groups in total. The van der Waals surface area contributed by atoms with Crippen LogP contribution in [0.15, 0.2) is 53.3 Å². The van der Waals surface area contributed by atoms with E-state index in [9.17, 15) is 4.79 Å². The summed E-state index contributed by atoms with van der Waals surface area (Å²) in [5.74, 6) is 2.06. The van der Waals surface area contributed by atoms with Gasteiger partial charge in [0.25, 0.3) is 0 Å². The van der Waals surface area contributed by atoms with E-state index in [0.29, 0.717) is 15.6 Å². The smallest absolute Gasteiger partial charge is 0.339 e. The van der Waals surface area contributed by atoms with Crippen LogP contribution in [0.4, 0.5) is 0 Å². The summed E-state index contributed by atoms with van der Waals surface area (Å²) in [6.07, 6.45) is 8.73. The van der Waals surface area contributed by atoms with Crippen LogP contribution in [0.25, 0.3) is 0 Å².